The van der Waals surface area contributed by atoms with Crippen molar-refractivity contribution < 1.29 is 9.63 Å². The number of aryl methyl sites for hydroxylation is 1. The Morgan fingerprint density at radius 2 is 2.04 bits per heavy atom. The summed E-state index contributed by atoms with van der Waals surface area (Å²) >= 11 is 0. The molecule has 28 heavy (non-hydrogen) atoms. The molecule has 2 fully saturated rings. The molecular formula is C21H25N5O2. The first-order valence-corrected chi connectivity index (χ1v) is 9.92. The fourth-order valence-corrected chi connectivity index (χ4v) is 4.36. The van der Waals surface area contributed by atoms with E-state index in [0.717, 1.165) is 44.1 Å². The van der Waals surface area contributed by atoms with Crippen LogP contribution in [0.1, 0.15) is 55.0 Å². The van der Waals surface area contributed by atoms with Crippen molar-refractivity contribution in [1.82, 2.24) is 19.6 Å². The Balaban J connectivity index is 1.38. The van der Waals surface area contributed by atoms with Crippen LogP contribution in [-0.4, -0.2) is 32.1 Å². The van der Waals surface area contributed by atoms with Crippen molar-refractivity contribution in [1.29, 1.82) is 5.26 Å². The lowest BCUT2D eigenvalue weighted by atomic mass is 9.79. The summed E-state index contributed by atoms with van der Waals surface area (Å²) in [4.78, 5) is 27.1. The number of nitriles is 1. The van der Waals surface area contributed by atoms with Gasteiger partial charge in [0.2, 0.25) is 5.91 Å². The highest BCUT2D eigenvalue weighted by Crippen LogP contribution is 2.36. The monoisotopic (exact) mass is 379 g/mol. The number of nitrogens with zero attached hydrogens (tertiary/aromatic N) is 5. The first-order chi connectivity index (χ1) is 13.7. The van der Waals surface area contributed by atoms with Crippen molar-refractivity contribution in [2.24, 2.45) is 18.9 Å². The fourth-order valence-electron chi connectivity index (χ4n) is 4.36. The highest BCUT2D eigenvalue weighted by Gasteiger charge is 2.37. The average Bonchev–Trinajstić information content (AvgIpc) is 3.37. The molecule has 2 aliphatic rings. The third-order valence-electron chi connectivity index (χ3n) is 6.01. The van der Waals surface area contributed by atoms with Crippen LogP contribution in [-0.2, 0) is 23.1 Å². The summed E-state index contributed by atoms with van der Waals surface area (Å²) in [6.45, 7) is 0.517. The largest absolute Gasteiger partial charge is 0.338 e. The molecule has 1 aliphatic carbocycles. The summed E-state index contributed by atoms with van der Waals surface area (Å²) in [6.07, 6.45) is 12.7. The standard InChI is InChI=1S/C21H25N5O2/c1-25-14-24-13-19(25)9-15-2-4-17(5-3-15)21(27)26-20(6-7-28-26)18-8-16(10-22)11-23-12-18/h8,11-15,17,20H,2-7,9H2,1H3/t15-,17-,20-/m0/s1. The van der Waals surface area contributed by atoms with E-state index < -0.39 is 0 Å². The topological polar surface area (TPSA) is 84.0 Å². The van der Waals surface area contributed by atoms with E-state index >= 15 is 0 Å². The lowest BCUT2D eigenvalue weighted by molar-refractivity contribution is -0.183. The zero-order valence-electron chi connectivity index (χ0n) is 16.1. The van der Waals surface area contributed by atoms with Gasteiger partial charge in [-0.05, 0) is 49.7 Å². The van der Waals surface area contributed by atoms with Gasteiger partial charge in [-0.1, -0.05) is 0 Å². The van der Waals surface area contributed by atoms with E-state index in [0.29, 0.717) is 18.1 Å². The van der Waals surface area contributed by atoms with Crippen LogP contribution in [0.15, 0.2) is 31.0 Å². The molecule has 0 bridgehead atoms. The Labute approximate surface area is 164 Å². The second kappa shape index (κ2) is 8.11. The Morgan fingerprint density at radius 3 is 2.75 bits per heavy atom. The van der Waals surface area contributed by atoms with Crippen LogP contribution in [0.5, 0.6) is 0 Å². The minimum atomic E-state index is -0.152. The smallest absolute Gasteiger partial charge is 0.249 e. The zero-order valence-corrected chi connectivity index (χ0v) is 16.1. The van der Waals surface area contributed by atoms with Crippen LogP contribution < -0.4 is 0 Å². The number of carbonyl (C=O) groups excluding carboxylic acids is 1. The van der Waals surface area contributed by atoms with Crippen molar-refractivity contribution >= 4 is 5.91 Å². The average molecular weight is 379 g/mol. The van der Waals surface area contributed by atoms with Gasteiger partial charge >= 0.3 is 0 Å². The molecule has 0 aromatic carbocycles. The normalized spacial score (nSPS) is 24.9. The number of pyridine rings is 1. The summed E-state index contributed by atoms with van der Waals surface area (Å²) in [5.74, 6) is 0.686. The van der Waals surface area contributed by atoms with Crippen LogP contribution in [0, 0.1) is 23.2 Å². The molecule has 1 saturated carbocycles. The molecule has 1 saturated heterocycles. The maximum absolute atomic E-state index is 13.1. The first-order valence-electron chi connectivity index (χ1n) is 9.92. The number of aromatic nitrogens is 3. The van der Waals surface area contributed by atoms with Crippen LogP contribution >= 0.6 is 0 Å². The number of amides is 1. The number of hydroxylamine groups is 2. The Hall–Kier alpha value is -2.72. The second-order valence-corrected chi connectivity index (χ2v) is 7.84. The van der Waals surface area contributed by atoms with Gasteiger partial charge in [0.1, 0.15) is 6.07 Å². The van der Waals surface area contributed by atoms with Crippen LogP contribution in [0.25, 0.3) is 0 Å². The predicted molar refractivity (Wildman–Crippen MR) is 101 cm³/mol. The maximum Gasteiger partial charge on any atom is 0.249 e. The third-order valence-corrected chi connectivity index (χ3v) is 6.01. The highest BCUT2D eigenvalue weighted by atomic mass is 16.7. The Morgan fingerprint density at radius 1 is 1.21 bits per heavy atom. The van der Waals surface area contributed by atoms with Gasteiger partial charge in [0.25, 0.3) is 0 Å². The van der Waals surface area contributed by atoms with Crippen LogP contribution in [0.3, 0.4) is 0 Å². The maximum atomic E-state index is 13.1. The van der Waals surface area contributed by atoms with E-state index in [1.807, 2.05) is 19.6 Å². The molecule has 3 heterocycles. The molecule has 4 rings (SSSR count). The van der Waals surface area contributed by atoms with Crippen LogP contribution in [0.4, 0.5) is 0 Å². The third kappa shape index (κ3) is 3.78. The molecule has 0 spiro atoms. The van der Waals surface area contributed by atoms with Gasteiger partial charge in [0.05, 0.1) is 24.5 Å². The molecule has 0 unspecified atom stereocenters. The number of hydrogen-bond acceptors (Lipinski definition) is 5. The molecular weight excluding hydrogens is 354 g/mol. The minimum Gasteiger partial charge on any atom is -0.338 e. The van der Waals surface area contributed by atoms with Crippen molar-refractivity contribution in [3.63, 3.8) is 0 Å². The number of imidazole rings is 1. The van der Waals surface area contributed by atoms with E-state index in [2.05, 4.69) is 20.6 Å². The summed E-state index contributed by atoms with van der Waals surface area (Å²) in [6, 6.07) is 3.76. The summed E-state index contributed by atoms with van der Waals surface area (Å²) in [7, 11) is 2.03. The molecule has 1 amide bonds. The second-order valence-electron chi connectivity index (χ2n) is 7.84. The minimum absolute atomic E-state index is 0.00972. The van der Waals surface area contributed by atoms with Gasteiger partial charge in [-0.3, -0.25) is 14.6 Å². The summed E-state index contributed by atoms with van der Waals surface area (Å²) in [5.41, 5.74) is 2.63. The molecule has 1 aliphatic heterocycles. The molecule has 1 atom stereocenters. The zero-order chi connectivity index (χ0) is 19.5. The summed E-state index contributed by atoms with van der Waals surface area (Å²) in [5, 5.41) is 10.7. The van der Waals surface area contributed by atoms with Crippen LogP contribution in [0.2, 0.25) is 0 Å². The molecule has 7 heteroatoms. The van der Waals surface area contributed by atoms with Gasteiger partial charge in [-0.25, -0.2) is 10.0 Å². The van der Waals surface area contributed by atoms with E-state index in [-0.39, 0.29) is 17.9 Å². The lowest BCUT2D eigenvalue weighted by Crippen LogP contribution is -2.36. The lowest BCUT2D eigenvalue weighted by Gasteiger charge is -2.32. The van der Waals surface area contributed by atoms with Gasteiger partial charge in [-0.2, -0.15) is 5.26 Å². The molecule has 0 N–H and O–H groups in total. The molecule has 146 valence electrons. The first kappa shape index (κ1) is 18.6. The van der Waals surface area contributed by atoms with Crippen molar-refractivity contribution in [3.8, 4) is 6.07 Å². The SMILES string of the molecule is Cn1cncc1C[C@H]1CC[C@H](C(=O)N2OCC[C@H]2c2cncc(C#N)c2)CC1. The van der Waals surface area contributed by atoms with Crippen molar-refractivity contribution in [2.45, 2.75) is 44.6 Å². The van der Waals surface area contributed by atoms with E-state index in [1.165, 1.54) is 11.9 Å². The van der Waals surface area contributed by atoms with E-state index in [1.54, 1.807) is 17.3 Å². The number of hydrogen-bond donors (Lipinski definition) is 0. The summed E-state index contributed by atoms with van der Waals surface area (Å²) < 4.78 is 2.07. The van der Waals surface area contributed by atoms with Crippen molar-refractivity contribution in [3.05, 3.63) is 47.8 Å². The molecule has 7 nitrogen and oxygen atoms in total. The predicted octanol–water partition coefficient (Wildman–Crippen LogP) is 2.94. The fraction of sp³-hybridized carbons (Fsp3) is 0.524. The van der Waals surface area contributed by atoms with E-state index in [9.17, 15) is 4.79 Å². The number of carbonyl (C=O) groups is 1. The van der Waals surface area contributed by atoms with Gasteiger partial charge in [-0.15, -0.1) is 0 Å². The van der Waals surface area contributed by atoms with Gasteiger partial charge in [0.15, 0.2) is 0 Å². The van der Waals surface area contributed by atoms with E-state index in [4.69, 9.17) is 10.1 Å². The number of rotatable bonds is 4. The van der Waals surface area contributed by atoms with Gasteiger partial charge < -0.3 is 4.57 Å². The highest BCUT2D eigenvalue weighted by molar-refractivity contribution is 5.78. The van der Waals surface area contributed by atoms with Gasteiger partial charge in [0, 0.05) is 43.7 Å². The molecule has 0 radical (unpaired) electrons. The quantitative estimate of drug-likeness (QED) is 0.815. The van der Waals surface area contributed by atoms with Crippen molar-refractivity contribution in [2.75, 3.05) is 6.61 Å². The molecule has 2 aromatic rings. The molecule has 2 aromatic heterocycles. The Bertz CT molecular complexity index is 879. The Kier molecular flexibility index (Phi) is 5.40.